The van der Waals surface area contributed by atoms with Crippen molar-refractivity contribution < 1.29 is 23.0 Å². The fraction of sp³-hybridized carbons (Fsp3) is 0.538. The summed E-state index contributed by atoms with van der Waals surface area (Å²) in [5, 5.41) is 12.8. The highest BCUT2D eigenvalue weighted by molar-refractivity contribution is 5.85. The van der Waals surface area contributed by atoms with Gasteiger partial charge >= 0.3 is 6.18 Å². The van der Waals surface area contributed by atoms with Gasteiger partial charge in [-0.2, -0.15) is 13.2 Å². The summed E-state index contributed by atoms with van der Waals surface area (Å²) in [5.74, 6) is -0.0751. The fourth-order valence-electron chi connectivity index (χ4n) is 2.40. The van der Waals surface area contributed by atoms with E-state index in [0.717, 1.165) is 0 Å². The predicted octanol–water partition coefficient (Wildman–Crippen LogP) is 2.75. The normalized spacial score (nSPS) is 17.1. The Kier molecular flexibility index (Phi) is 8.32. The Morgan fingerprint density at radius 1 is 1.23 bits per heavy atom. The second-order valence-electron chi connectivity index (χ2n) is 4.65. The first kappa shape index (κ1) is 21.1. The first-order chi connectivity index (χ1) is 9.43. The van der Waals surface area contributed by atoms with Crippen molar-refractivity contribution in [1.82, 2.24) is 10.2 Å². The van der Waals surface area contributed by atoms with Crippen LogP contribution in [0.1, 0.15) is 11.6 Å². The van der Waals surface area contributed by atoms with E-state index in [9.17, 15) is 18.3 Å². The molecule has 1 aromatic rings. The van der Waals surface area contributed by atoms with Gasteiger partial charge in [-0.3, -0.25) is 4.90 Å². The molecule has 0 radical (unpaired) electrons. The molecule has 22 heavy (non-hydrogen) atoms. The summed E-state index contributed by atoms with van der Waals surface area (Å²) in [6, 6.07) is 2.09. The number of nitrogens with one attached hydrogen (secondary N) is 1. The van der Waals surface area contributed by atoms with Gasteiger partial charge < -0.3 is 15.2 Å². The molecule has 0 amide bonds. The number of ether oxygens (including phenoxy) is 1. The topological polar surface area (TPSA) is 44.7 Å². The molecular formula is C13H19Cl2F3N2O2. The van der Waals surface area contributed by atoms with E-state index in [1.807, 2.05) is 0 Å². The molecule has 2 rings (SSSR count). The molecule has 9 heteroatoms. The first-order valence-electron chi connectivity index (χ1n) is 6.32. The number of phenolic OH excluding ortho intramolecular Hbond substituents is 1. The van der Waals surface area contributed by atoms with E-state index in [1.54, 1.807) is 0 Å². The summed E-state index contributed by atoms with van der Waals surface area (Å²) in [4.78, 5) is 1.32. The number of benzene rings is 1. The summed E-state index contributed by atoms with van der Waals surface area (Å²) in [6.07, 6.45) is -4.46. The van der Waals surface area contributed by atoms with E-state index in [1.165, 1.54) is 30.2 Å². The fourth-order valence-corrected chi connectivity index (χ4v) is 2.40. The lowest BCUT2D eigenvalue weighted by Crippen LogP contribution is -2.49. The average Bonchev–Trinajstić information content (AvgIpc) is 2.41. The van der Waals surface area contributed by atoms with E-state index in [0.29, 0.717) is 18.8 Å². The molecule has 1 fully saturated rings. The quantitative estimate of drug-likeness (QED) is 0.867. The lowest BCUT2D eigenvalue weighted by atomic mass is 10.0. The van der Waals surface area contributed by atoms with Gasteiger partial charge in [-0.15, -0.1) is 24.8 Å². The maximum absolute atomic E-state index is 13.4. The van der Waals surface area contributed by atoms with Crippen molar-refractivity contribution in [3.8, 4) is 11.5 Å². The highest BCUT2D eigenvalue weighted by Crippen LogP contribution is 2.42. The van der Waals surface area contributed by atoms with Crippen LogP contribution >= 0.6 is 24.8 Å². The number of phenols is 1. The Bertz CT molecular complexity index is 469. The molecule has 1 atom stereocenters. The van der Waals surface area contributed by atoms with Gasteiger partial charge in [0.1, 0.15) is 17.5 Å². The van der Waals surface area contributed by atoms with Gasteiger partial charge in [0.2, 0.25) is 0 Å². The van der Waals surface area contributed by atoms with Crippen LogP contribution in [-0.4, -0.2) is 49.5 Å². The number of aromatic hydroxyl groups is 1. The molecular weight excluding hydrogens is 344 g/mol. The van der Waals surface area contributed by atoms with Crippen molar-refractivity contribution >= 4 is 24.8 Å². The summed E-state index contributed by atoms with van der Waals surface area (Å²) in [6.45, 7) is 1.55. The molecule has 1 saturated heterocycles. The van der Waals surface area contributed by atoms with E-state index in [-0.39, 0.29) is 49.2 Å². The third-order valence-corrected chi connectivity index (χ3v) is 3.36. The van der Waals surface area contributed by atoms with Crippen molar-refractivity contribution in [3.63, 3.8) is 0 Å². The number of rotatable bonds is 3. The number of hydrogen-bond donors (Lipinski definition) is 2. The average molecular weight is 363 g/mol. The largest absolute Gasteiger partial charge is 0.508 e. The van der Waals surface area contributed by atoms with Gasteiger partial charge in [-0.05, 0) is 18.2 Å². The minimum absolute atomic E-state index is 0. The highest BCUT2D eigenvalue weighted by Gasteiger charge is 2.46. The summed E-state index contributed by atoms with van der Waals surface area (Å²) < 4.78 is 45.1. The van der Waals surface area contributed by atoms with E-state index in [2.05, 4.69) is 5.32 Å². The van der Waals surface area contributed by atoms with Crippen molar-refractivity contribution in [3.05, 3.63) is 23.8 Å². The van der Waals surface area contributed by atoms with Crippen LogP contribution in [-0.2, 0) is 0 Å². The van der Waals surface area contributed by atoms with Crippen LogP contribution in [0, 0.1) is 0 Å². The molecule has 1 aliphatic heterocycles. The molecule has 0 unspecified atom stereocenters. The lowest BCUT2D eigenvalue weighted by Gasteiger charge is -2.36. The van der Waals surface area contributed by atoms with Crippen molar-refractivity contribution in [1.29, 1.82) is 0 Å². The molecule has 1 aliphatic rings. The zero-order chi connectivity index (χ0) is 14.8. The minimum Gasteiger partial charge on any atom is -0.508 e. The van der Waals surface area contributed by atoms with Crippen molar-refractivity contribution in [2.24, 2.45) is 0 Å². The van der Waals surface area contributed by atoms with Crippen LogP contribution in [0.25, 0.3) is 0 Å². The van der Waals surface area contributed by atoms with Crippen molar-refractivity contribution in [2.45, 2.75) is 12.2 Å². The zero-order valence-corrected chi connectivity index (χ0v) is 13.5. The maximum Gasteiger partial charge on any atom is 0.408 e. The Labute approximate surface area is 139 Å². The standard InChI is InChI=1S/C13H17F3N2O2.2ClH/c1-20-9-2-3-11(19)10(8-9)12(13(14,15)16)18-6-4-17-5-7-18;;/h2-3,8,12,17,19H,4-7H2,1H3;2*1H/t12-;;/m1../s1. The second kappa shape index (κ2) is 8.67. The number of alkyl halides is 3. The van der Waals surface area contributed by atoms with Gasteiger partial charge in [0.25, 0.3) is 0 Å². The van der Waals surface area contributed by atoms with Gasteiger partial charge in [-0.1, -0.05) is 0 Å². The number of methoxy groups -OCH3 is 1. The summed E-state index contributed by atoms with van der Waals surface area (Å²) in [5.41, 5.74) is -0.168. The monoisotopic (exact) mass is 362 g/mol. The molecule has 2 N–H and O–H groups in total. The Morgan fingerprint density at radius 2 is 1.82 bits per heavy atom. The van der Waals surface area contributed by atoms with E-state index < -0.39 is 12.2 Å². The molecule has 0 aliphatic carbocycles. The van der Waals surface area contributed by atoms with Crippen LogP contribution in [0.15, 0.2) is 18.2 Å². The van der Waals surface area contributed by atoms with Crippen LogP contribution in [0.4, 0.5) is 13.2 Å². The van der Waals surface area contributed by atoms with Gasteiger partial charge in [0, 0.05) is 31.7 Å². The van der Waals surface area contributed by atoms with Gasteiger partial charge in [-0.25, -0.2) is 0 Å². The molecule has 1 aromatic carbocycles. The molecule has 4 nitrogen and oxygen atoms in total. The SMILES string of the molecule is COc1ccc(O)c([C@@H](N2CCNCC2)C(F)(F)F)c1.Cl.Cl. The Morgan fingerprint density at radius 3 is 2.32 bits per heavy atom. The van der Waals surface area contributed by atoms with E-state index >= 15 is 0 Å². The lowest BCUT2D eigenvalue weighted by molar-refractivity contribution is -0.188. The second-order valence-corrected chi connectivity index (χ2v) is 4.65. The number of hydrogen-bond acceptors (Lipinski definition) is 4. The molecule has 0 saturated carbocycles. The summed E-state index contributed by atoms with van der Waals surface area (Å²) >= 11 is 0. The predicted molar refractivity (Wildman–Crippen MR) is 82.4 cm³/mol. The first-order valence-corrected chi connectivity index (χ1v) is 6.32. The maximum atomic E-state index is 13.4. The van der Waals surface area contributed by atoms with Gasteiger partial charge in [0.15, 0.2) is 0 Å². The van der Waals surface area contributed by atoms with Crippen LogP contribution < -0.4 is 10.1 Å². The van der Waals surface area contributed by atoms with Crippen LogP contribution in [0.5, 0.6) is 11.5 Å². The third kappa shape index (κ3) is 4.81. The summed E-state index contributed by atoms with van der Waals surface area (Å²) in [7, 11) is 1.38. The van der Waals surface area contributed by atoms with Crippen LogP contribution in [0.2, 0.25) is 0 Å². The van der Waals surface area contributed by atoms with E-state index in [4.69, 9.17) is 4.74 Å². The smallest absolute Gasteiger partial charge is 0.408 e. The Hall–Kier alpha value is -0.890. The molecule has 0 bridgehead atoms. The molecule has 128 valence electrons. The number of halogens is 5. The van der Waals surface area contributed by atoms with Gasteiger partial charge in [0.05, 0.1) is 7.11 Å². The van der Waals surface area contributed by atoms with Crippen molar-refractivity contribution in [2.75, 3.05) is 33.3 Å². The molecule has 0 spiro atoms. The molecule has 0 aromatic heterocycles. The third-order valence-electron chi connectivity index (χ3n) is 3.36. The molecule has 1 heterocycles. The minimum atomic E-state index is -4.46. The highest BCUT2D eigenvalue weighted by atomic mass is 35.5. The van der Waals surface area contributed by atoms with Crippen LogP contribution in [0.3, 0.4) is 0 Å². The number of piperazine rings is 1. The zero-order valence-electron chi connectivity index (χ0n) is 11.9. The Balaban J connectivity index is 0.00000220. The number of nitrogens with zero attached hydrogens (tertiary/aromatic N) is 1.